The van der Waals surface area contributed by atoms with Crippen LogP contribution in [0.25, 0.3) is 10.9 Å². The molecule has 1 heterocycles. The van der Waals surface area contributed by atoms with Gasteiger partial charge < -0.3 is 0 Å². The maximum atomic E-state index is 11.1. The standard InChI is InChI=1S/C9H5BrClNO2S/c10-8-3-1-2-6-4-7(15(11,13)14)5-12-9(6)8/h1-5H. The molecular formula is C9H5BrClNO2S. The third kappa shape index (κ3) is 2.14. The summed E-state index contributed by atoms with van der Waals surface area (Å²) in [5.74, 6) is 0. The molecule has 1 aromatic heterocycles. The highest BCUT2D eigenvalue weighted by Gasteiger charge is 2.11. The van der Waals surface area contributed by atoms with E-state index in [0.717, 1.165) is 9.86 Å². The smallest absolute Gasteiger partial charge is 0.254 e. The van der Waals surface area contributed by atoms with Crippen molar-refractivity contribution in [2.45, 2.75) is 4.90 Å². The van der Waals surface area contributed by atoms with Gasteiger partial charge in [-0.3, -0.25) is 4.98 Å². The molecule has 0 aliphatic heterocycles. The molecule has 0 N–H and O–H groups in total. The van der Waals surface area contributed by atoms with Crippen molar-refractivity contribution in [3.05, 3.63) is 34.9 Å². The predicted molar refractivity (Wildman–Crippen MR) is 62.5 cm³/mol. The second-order valence-corrected chi connectivity index (χ2v) is 6.34. The number of para-hydroxylation sites is 1. The van der Waals surface area contributed by atoms with Crippen LogP contribution in [0.3, 0.4) is 0 Å². The van der Waals surface area contributed by atoms with Gasteiger partial charge in [-0.15, -0.1) is 0 Å². The molecule has 0 amide bonds. The van der Waals surface area contributed by atoms with E-state index in [2.05, 4.69) is 20.9 Å². The molecule has 0 fully saturated rings. The average Bonchev–Trinajstić information content (AvgIpc) is 2.16. The summed E-state index contributed by atoms with van der Waals surface area (Å²) in [5, 5.41) is 0.728. The number of nitrogens with zero attached hydrogens (tertiary/aromatic N) is 1. The van der Waals surface area contributed by atoms with Crippen molar-refractivity contribution in [3.63, 3.8) is 0 Å². The number of rotatable bonds is 1. The summed E-state index contributed by atoms with van der Waals surface area (Å²) in [5.41, 5.74) is 0.710. The van der Waals surface area contributed by atoms with E-state index >= 15 is 0 Å². The first-order valence-corrected chi connectivity index (χ1v) is 7.07. The van der Waals surface area contributed by atoms with E-state index in [-0.39, 0.29) is 4.90 Å². The van der Waals surface area contributed by atoms with Gasteiger partial charge in [0, 0.05) is 26.7 Å². The molecule has 0 bridgehead atoms. The fourth-order valence-electron chi connectivity index (χ4n) is 1.24. The molecule has 6 heteroatoms. The summed E-state index contributed by atoms with van der Waals surface area (Å²) < 4.78 is 23.0. The summed E-state index contributed by atoms with van der Waals surface area (Å²) in [7, 11) is 1.51. The molecule has 0 unspecified atom stereocenters. The first-order valence-electron chi connectivity index (χ1n) is 3.97. The average molecular weight is 307 g/mol. The molecule has 78 valence electrons. The minimum Gasteiger partial charge on any atom is -0.254 e. The Bertz CT molecular complexity index is 627. The number of pyridine rings is 1. The van der Waals surface area contributed by atoms with E-state index in [4.69, 9.17) is 10.7 Å². The Morgan fingerprint density at radius 2 is 2.07 bits per heavy atom. The molecule has 0 atom stereocenters. The van der Waals surface area contributed by atoms with E-state index in [1.54, 1.807) is 12.1 Å². The number of aromatic nitrogens is 1. The van der Waals surface area contributed by atoms with Crippen molar-refractivity contribution in [1.29, 1.82) is 0 Å². The number of fused-ring (bicyclic) bond motifs is 1. The van der Waals surface area contributed by atoms with Crippen LogP contribution in [0.5, 0.6) is 0 Å². The Labute approximate surface area is 99.6 Å². The minimum atomic E-state index is -3.71. The molecule has 1 aromatic carbocycles. The van der Waals surface area contributed by atoms with Gasteiger partial charge in [0.05, 0.1) is 5.52 Å². The van der Waals surface area contributed by atoms with Crippen LogP contribution in [0.2, 0.25) is 0 Å². The van der Waals surface area contributed by atoms with Gasteiger partial charge in [0.1, 0.15) is 4.90 Å². The van der Waals surface area contributed by atoms with Crippen molar-refractivity contribution < 1.29 is 8.42 Å². The zero-order valence-corrected chi connectivity index (χ0v) is 10.5. The molecule has 0 spiro atoms. The van der Waals surface area contributed by atoms with Crippen LogP contribution in [-0.4, -0.2) is 13.4 Å². The molecular weight excluding hydrogens is 302 g/mol. The lowest BCUT2D eigenvalue weighted by Gasteiger charge is -2.01. The number of halogens is 2. The first kappa shape index (κ1) is 10.9. The lowest BCUT2D eigenvalue weighted by Crippen LogP contribution is -1.92. The summed E-state index contributed by atoms with van der Waals surface area (Å²) in [6, 6.07) is 6.91. The number of hydrogen-bond donors (Lipinski definition) is 0. The fourth-order valence-corrected chi connectivity index (χ4v) is 2.42. The van der Waals surface area contributed by atoms with Crippen LogP contribution in [-0.2, 0) is 9.05 Å². The molecule has 0 saturated heterocycles. The van der Waals surface area contributed by atoms with Gasteiger partial charge in [-0.25, -0.2) is 8.42 Å². The van der Waals surface area contributed by atoms with Gasteiger partial charge >= 0.3 is 0 Å². The normalized spacial score (nSPS) is 11.9. The van der Waals surface area contributed by atoms with Crippen molar-refractivity contribution in [3.8, 4) is 0 Å². The van der Waals surface area contributed by atoms with E-state index in [0.29, 0.717) is 5.52 Å². The highest BCUT2D eigenvalue weighted by molar-refractivity contribution is 9.10. The van der Waals surface area contributed by atoms with Gasteiger partial charge in [0.2, 0.25) is 0 Å². The SMILES string of the molecule is O=S(=O)(Cl)c1cnc2c(Br)cccc2c1. The number of benzene rings is 1. The van der Waals surface area contributed by atoms with Crippen LogP contribution >= 0.6 is 26.6 Å². The lowest BCUT2D eigenvalue weighted by atomic mass is 10.2. The van der Waals surface area contributed by atoms with Crippen molar-refractivity contribution in [2.24, 2.45) is 0 Å². The molecule has 15 heavy (non-hydrogen) atoms. The summed E-state index contributed by atoms with van der Waals surface area (Å²) in [6.07, 6.45) is 1.25. The zero-order chi connectivity index (χ0) is 11.1. The first-order chi connectivity index (χ1) is 6.98. The molecule has 2 aromatic rings. The van der Waals surface area contributed by atoms with E-state index in [1.807, 2.05) is 6.07 Å². The summed E-state index contributed by atoms with van der Waals surface area (Å²) in [4.78, 5) is 4.05. The maximum Gasteiger partial charge on any atom is 0.262 e. The van der Waals surface area contributed by atoms with Crippen molar-refractivity contribution in [1.82, 2.24) is 4.98 Å². The van der Waals surface area contributed by atoms with E-state index in [1.165, 1.54) is 12.3 Å². The maximum absolute atomic E-state index is 11.1. The molecule has 0 aliphatic rings. The fraction of sp³-hybridized carbons (Fsp3) is 0. The van der Waals surface area contributed by atoms with Crippen LogP contribution in [0.4, 0.5) is 0 Å². The Hall–Kier alpha value is -0.650. The minimum absolute atomic E-state index is 0.00904. The lowest BCUT2D eigenvalue weighted by molar-refractivity contribution is 0.609. The van der Waals surface area contributed by atoms with Crippen LogP contribution in [0, 0.1) is 0 Å². The predicted octanol–water partition coefficient (Wildman–Crippen LogP) is 2.92. The largest absolute Gasteiger partial charge is 0.262 e. The highest BCUT2D eigenvalue weighted by Crippen LogP contribution is 2.24. The third-order valence-electron chi connectivity index (χ3n) is 1.92. The molecule has 3 nitrogen and oxygen atoms in total. The topological polar surface area (TPSA) is 47.0 Å². The Balaban J connectivity index is 2.79. The van der Waals surface area contributed by atoms with Crippen molar-refractivity contribution >= 4 is 46.6 Å². The van der Waals surface area contributed by atoms with Crippen LogP contribution < -0.4 is 0 Å². The van der Waals surface area contributed by atoms with E-state index in [9.17, 15) is 8.42 Å². The van der Waals surface area contributed by atoms with Gasteiger partial charge in [-0.2, -0.15) is 0 Å². The summed E-state index contributed by atoms with van der Waals surface area (Å²) in [6.45, 7) is 0. The highest BCUT2D eigenvalue weighted by atomic mass is 79.9. The van der Waals surface area contributed by atoms with Crippen molar-refractivity contribution in [2.75, 3.05) is 0 Å². The van der Waals surface area contributed by atoms with Crippen LogP contribution in [0.15, 0.2) is 39.8 Å². The Morgan fingerprint density at radius 1 is 1.33 bits per heavy atom. The Kier molecular flexibility index (Phi) is 2.70. The zero-order valence-electron chi connectivity index (χ0n) is 7.31. The third-order valence-corrected chi connectivity index (χ3v) is 3.88. The second-order valence-electron chi connectivity index (χ2n) is 2.92. The van der Waals surface area contributed by atoms with Gasteiger partial charge in [-0.1, -0.05) is 12.1 Å². The molecule has 2 rings (SSSR count). The molecule has 0 radical (unpaired) electrons. The second kappa shape index (κ2) is 3.73. The monoisotopic (exact) mass is 305 g/mol. The molecule has 0 saturated carbocycles. The van der Waals surface area contributed by atoms with Crippen LogP contribution in [0.1, 0.15) is 0 Å². The van der Waals surface area contributed by atoms with Gasteiger partial charge in [0.15, 0.2) is 0 Å². The molecule has 0 aliphatic carbocycles. The Morgan fingerprint density at radius 3 is 2.73 bits per heavy atom. The van der Waals surface area contributed by atoms with E-state index < -0.39 is 9.05 Å². The van der Waals surface area contributed by atoms with Gasteiger partial charge in [-0.05, 0) is 28.1 Å². The quantitative estimate of drug-likeness (QED) is 0.761. The number of hydrogen-bond acceptors (Lipinski definition) is 3. The van der Waals surface area contributed by atoms with Gasteiger partial charge in [0.25, 0.3) is 9.05 Å². The summed E-state index contributed by atoms with van der Waals surface area (Å²) >= 11 is 3.33.